The molecule has 1 saturated heterocycles. The molecule has 1 aliphatic rings. The van der Waals surface area contributed by atoms with Gasteiger partial charge in [0.15, 0.2) is 0 Å². The largest absolute Gasteiger partial charge is 0.507 e. The van der Waals surface area contributed by atoms with Crippen molar-refractivity contribution in [2.24, 2.45) is 0 Å². The zero-order valence-corrected chi connectivity index (χ0v) is 15.7. The van der Waals surface area contributed by atoms with Crippen molar-refractivity contribution in [2.75, 3.05) is 26.3 Å². The summed E-state index contributed by atoms with van der Waals surface area (Å²) in [5.74, 6) is -0.822. The highest BCUT2D eigenvalue weighted by Crippen LogP contribution is 2.21. The third-order valence-electron chi connectivity index (χ3n) is 4.25. The predicted molar refractivity (Wildman–Crippen MR) is 98.0 cm³/mol. The van der Waals surface area contributed by atoms with Gasteiger partial charge in [0.05, 0.1) is 18.1 Å². The predicted octanol–water partition coefficient (Wildman–Crippen LogP) is 2.08. The minimum absolute atomic E-state index is 0.0673. The van der Waals surface area contributed by atoms with E-state index in [0.717, 1.165) is 5.56 Å². The number of rotatable bonds is 5. The number of aryl methyl sites for hydroxylation is 1. The van der Waals surface area contributed by atoms with Crippen LogP contribution in [0.15, 0.2) is 47.4 Å². The molecule has 0 saturated carbocycles. The Bertz CT molecular complexity index is 935. The molecule has 8 heteroatoms. The van der Waals surface area contributed by atoms with E-state index in [1.165, 1.54) is 28.6 Å². The molecular weight excluding hydrogens is 370 g/mol. The summed E-state index contributed by atoms with van der Waals surface area (Å²) in [6.45, 7) is 3.07. The van der Waals surface area contributed by atoms with Crippen molar-refractivity contribution in [3.8, 4) is 5.75 Å². The number of sulfonamides is 1. The quantitative estimate of drug-likeness (QED) is 0.785. The maximum absolute atomic E-state index is 12.7. The highest BCUT2D eigenvalue weighted by molar-refractivity contribution is 7.89. The van der Waals surface area contributed by atoms with Gasteiger partial charge >= 0.3 is 5.97 Å². The van der Waals surface area contributed by atoms with Crippen molar-refractivity contribution < 1.29 is 27.8 Å². The lowest BCUT2D eigenvalue weighted by atomic mass is 10.1. The second-order valence-electron chi connectivity index (χ2n) is 6.26. The lowest BCUT2D eigenvalue weighted by Gasteiger charge is -2.26. The number of phenols is 1. The molecule has 7 nitrogen and oxygen atoms in total. The summed E-state index contributed by atoms with van der Waals surface area (Å²) in [6, 6.07) is 11.0. The molecule has 0 atom stereocenters. The molecular formula is C19H21NO6S. The van der Waals surface area contributed by atoms with Gasteiger partial charge in [-0.25, -0.2) is 13.2 Å². The van der Waals surface area contributed by atoms with Crippen LogP contribution in [0.3, 0.4) is 0 Å². The van der Waals surface area contributed by atoms with E-state index in [4.69, 9.17) is 9.47 Å². The summed E-state index contributed by atoms with van der Waals surface area (Å²) in [5.41, 5.74) is 1.44. The highest BCUT2D eigenvalue weighted by Gasteiger charge is 2.26. The van der Waals surface area contributed by atoms with Gasteiger partial charge in [0.2, 0.25) is 10.0 Å². The Kier molecular flexibility index (Phi) is 5.79. The zero-order valence-electron chi connectivity index (χ0n) is 14.9. The Morgan fingerprint density at radius 2 is 1.93 bits per heavy atom. The SMILES string of the molecule is Cc1ccc(C(=O)OCc2cccc(S(=O)(=O)N3CCOCC3)c2)c(O)c1. The molecule has 2 aromatic carbocycles. The van der Waals surface area contributed by atoms with E-state index in [-0.39, 0.29) is 22.8 Å². The van der Waals surface area contributed by atoms with Crippen molar-refractivity contribution in [1.29, 1.82) is 0 Å². The second-order valence-corrected chi connectivity index (χ2v) is 8.20. The van der Waals surface area contributed by atoms with Gasteiger partial charge < -0.3 is 14.6 Å². The average molecular weight is 391 g/mol. The molecule has 0 unspecified atom stereocenters. The van der Waals surface area contributed by atoms with Gasteiger partial charge in [-0.3, -0.25) is 0 Å². The van der Waals surface area contributed by atoms with Crippen LogP contribution in [0.1, 0.15) is 21.5 Å². The minimum atomic E-state index is -3.61. The van der Waals surface area contributed by atoms with Crippen LogP contribution < -0.4 is 0 Å². The van der Waals surface area contributed by atoms with Crippen molar-refractivity contribution in [3.05, 3.63) is 59.2 Å². The smallest absolute Gasteiger partial charge is 0.342 e. The van der Waals surface area contributed by atoms with E-state index < -0.39 is 16.0 Å². The van der Waals surface area contributed by atoms with Gasteiger partial charge in [-0.15, -0.1) is 0 Å². The summed E-state index contributed by atoms with van der Waals surface area (Å²) >= 11 is 0. The first kappa shape index (κ1) is 19.3. The van der Waals surface area contributed by atoms with E-state index in [1.54, 1.807) is 25.1 Å². The van der Waals surface area contributed by atoms with E-state index in [0.29, 0.717) is 31.9 Å². The Hall–Kier alpha value is -2.42. The topological polar surface area (TPSA) is 93.1 Å². The monoisotopic (exact) mass is 391 g/mol. The third kappa shape index (κ3) is 4.47. The van der Waals surface area contributed by atoms with Crippen molar-refractivity contribution >= 4 is 16.0 Å². The van der Waals surface area contributed by atoms with Gasteiger partial charge in [-0.2, -0.15) is 4.31 Å². The van der Waals surface area contributed by atoms with E-state index in [2.05, 4.69) is 0 Å². The molecule has 2 aromatic rings. The highest BCUT2D eigenvalue weighted by atomic mass is 32.2. The number of morpholine rings is 1. The van der Waals surface area contributed by atoms with Gasteiger partial charge in [-0.1, -0.05) is 18.2 Å². The number of aromatic hydroxyl groups is 1. The maximum Gasteiger partial charge on any atom is 0.342 e. The number of esters is 1. The Labute approximate surface area is 158 Å². The minimum Gasteiger partial charge on any atom is -0.507 e. The normalized spacial score (nSPS) is 15.4. The summed E-state index contributed by atoms with van der Waals surface area (Å²) in [6.07, 6.45) is 0. The van der Waals surface area contributed by atoms with Crippen LogP contribution in [-0.2, 0) is 26.1 Å². The Morgan fingerprint density at radius 3 is 2.63 bits per heavy atom. The molecule has 1 fully saturated rings. The van der Waals surface area contributed by atoms with Gasteiger partial charge in [0, 0.05) is 13.1 Å². The Morgan fingerprint density at radius 1 is 1.19 bits per heavy atom. The number of carbonyl (C=O) groups excluding carboxylic acids is 1. The van der Waals surface area contributed by atoms with Gasteiger partial charge in [0.1, 0.15) is 17.9 Å². The molecule has 1 heterocycles. The number of hydrogen-bond donors (Lipinski definition) is 1. The van der Waals surface area contributed by atoms with E-state index >= 15 is 0 Å². The third-order valence-corrected chi connectivity index (χ3v) is 6.14. The molecule has 27 heavy (non-hydrogen) atoms. The molecule has 0 spiro atoms. The van der Waals surface area contributed by atoms with Crippen molar-refractivity contribution in [2.45, 2.75) is 18.4 Å². The fourth-order valence-electron chi connectivity index (χ4n) is 2.77. The summed E-state index contributed by atoms with van der Waals surface area (Å²) in [4.78, 5) is 12.3. The standard InChI is InChI=1S/C19H21NO6S/c1-14-5-6-17(18(21)11-14)19(22)26-13-15-3-2-4-16(12-15)27(23,24)20-7-9-25-10-8-20/h2-6,11-12,21H,7-10,13H2,1H3. The summed E-state index contributed by atoms with van der Waals surface area (Å²) in [5, 5.41) is 9.86. The van der Waals surface area contributed by atoms with Crippen LogP contribution >= 0.6 is 0 Å². The zero-order chi connectivity index (χ0) is 19.4. The number of benzene rings is 2. The number of hydrogen-bond acceptors (Lipinski definition) is 6. The van der Waals surface area contributed by atoms with Crippen LogP contribution in [0.5, 0.6) is 5.75 Å². The molecule has 1 aliphatic heterocycles. The van der Waals surface area contributed by atoms with E-state index in [1.807, 2.05) is 0 Å². The van der Waals surface area contributed by atoms with Crippen molar-refractivity contribution in [3.63, 3.8) is 0 Å². The first-order valence-electron chi connectivity index (χ1n) is 8.51. The summed E-state index contributed by atoms with van der Waals surface area (Å²) < 4.78 is 37.2. The van der Waals surface area contributed by atoms with Crippen LogP contribution in [0.2, 0.25) is 0 Å². The lowest BCUT2D eigenvalue weighted by Crippen LogP contribution is -2.40. The Balaban J connectivity index is 1.71. The van der Waals surface area contributed by atoms with Crippen molar-refractivity contribution in [1.82, 2.24) is 4.31 Å². The first-order chi connectivity index (χ1) is 12.9. The van der Waals surface area contributed by atoms with Crippen LogP contribution in [0, 0.1) is 6.92 Å². The maximum atomic E-state index is 12.7. The molecule has 3 rings (SSSR count). The number of carbonyl (C=O) groups is 1. The number of ether oxygens (including phenoxy) is 2. The van der Waals surface area contributed by atoms with Crippen LogP contribution in [-0.4, -0.2) is 50.1 Å². The molecule has 0 aliphatic carbocycles. The molecule has 0 bridgehead atoms. The first-order valence-corrected chi connectivity index (χ1v) is 9.95. The van der Waals surface area contributed by atoms with Gasteiger partial charge in [0.25, 0.3) is 0 Å². The number of phenolic OH excluding ortho intramolecular Hbond substituents is 1. The molecule has 0 amide bonds. The lowest BCUT2D eigenvalue weighted by molar-refractivity contribution is 0.0469. The van der Waals surface area contributed by atoms with Gasteiger partial charge in [-0.05, 0) is 42.3 Å². The number of nitrogens with zero attached hydrogens (tertiary/aromatic N) is 1. The average Bonchev–Trinajstić information content (AvgIpc) is 2.67. The fourth-order valence-corrected chi connectivity index (χ4v) is 4.25. The fraction of sp³-hybridized carbons (Fsp3) is 0.316. The van der Waals surface area contributed by atoms with E-state index in [9.17, 15) is 18.3 Å². The molecule has 0 aromatic heterocycles. The molecule has 0 radical (unpaired) electrons. The molecule has 144 valence electrons. The molecule has 1 N–H and O–H groups in total. The van der Waals surface area contributed by atoms with Crippen LogP contribution in [0.25, 0.3) is 0 Å². The second kappa shape index (κ2) is 8.08. The summed E-state index contributed by atoms with van der Waals surface area (Å²) in [7, 11) is -3.61. The van der Waals surface area contributed by atoms with Crippen LogP contribution in [0.4, 0.5) is 0 Å².